The van der Waals surface area contributed by atoms with E-state index in [0.717, 1.165) is 15.7 Å². The SMILES string of the molecule is C=Nc1ccc(Br)cc1/C(C)=C\C. The maximum atomic E-state index is 3.97. The van der Waals surface area contributed by atoms with E-state index in [9.17, 15) is 0 Å². The second kappa shape index (κ2) is 4.38. The summed E-state index contributed by atoms with van der Waals surface area (Å²) in [6, 6.07) is 5.98. The van der Waals surface area contributed by atoms with Gasteiger partial charge in [-0.2, -0.15) is 0 Å². The normalized spacial score (nSPS) is 11.5. The predicted octanol–water partition coefficient (Wildman–Crippen LogP) is 4.20. The first kappa shape index (κ1) is 10.2. The van der Waals surface area contributed by atoms with Crippen LogP contribution >= 0.6 is 15.9 Å². The number of allylic oxidation sites excluding steroid dienone is 2. The van der Waals surface area contributed by atoms with Crippen molar-refractivity contribution in [2.45, 2.75) is 13.8 Å². The molecule has 0 amide bonds. The van der Waals surface area contributed by atoms with E-state index in [1.807, 2.05) is 19.1 Å². The van der Waals surface area contributed by atoms with Crippen LogP contribution in [-0.2, 0) is 0 Å². The van der Waals surface area contributed by atoms with Crippen molar-refractivity contribution in [1.29, 1.82) is 0 Å². The molecular weight excluding hydrogens is 226 g/mol. The van der Waals surface area contributed by atoms with E-state index < -0.39 is 0 Å². The van der Waals surface area contributed by atoms with E-state index in [1.165, 1.54) is 5.57 Å². The third-order valence-corrected chi connectivity index (χ3v) is 2.48. The van der Waals surface area contributed by atoms with Crippen LogP contribution < -0.4 is 0 Å². The number of aliphatic imine (C=N–C) groups is 1. The molecule has 0 aliphatic heterocycles. The van der Waals surface area contributed by atoms with Crippen molar-refractivity contribution in [3.63, 3.8) is 0 Å². The maximum Gasteiger partial charge on any atom is 0.0698 e. The number of hydrogen-bond acceptors (Lipinski definition) is 1. The van der Waals surface area contributed by atoms with Crippen LogP contribution in [0.2, 0.25) is 0 Å². The quantitative estimate of drug-likeness (QED) is 0.684. The number of halogens is 1. The van der Waals surface area contributed by atoms with Crippen molar-refractivity contribution in [3.8, 4) is 0 Å². The van der Waals surface area contributed by atoms with Crippen molar-refractivity contribution in [3.05, 3.63) is 34.3 Å². The van der Waals surface area contributed by atoms with E-state index in [2.05, 4.69) is 46.7 Å². The first-order valence-corrected chi connectivity index (χ1v) is 4.88. The maximum absolute atomic E-state index is 3.97. The molecule has 0 unspecified atom stereocenters. The molecule has 1 nitrogen and oxygen atoms in total. The predicted molar refractivity (Wildman–Crippen MR) is 62.7 cm³/mol. The van der Waals surface area contributed by atoms with Gasteiger partial charge in [-0.05, 0) is 44.3 Å². The molecule has 0 fully saturated rings. The van der Waals surface area contributed by atoms with Crippen molar-refractivity contribution in [2.24, 2.45) is 4.99 Å². The summed E-state index contributed by atoms with van der Waals surface area (Å²) in [4.78, 5) is 3.97. The van der Waals surface area contributed by atoms with Gasteiger partial charge in [0.2, 0.25) is 0 Å². The molecule has 1 aromatic carbocycles. The monoisotopic (exact) mass is 237 g/mol. The van der Waals surface area contributed by atoms with Crippen LogP contribution in [0.25, 0.3) is 5.57 Å². The minimum Gasteiger partial charge on any atom is -0.264 e. The highest BCUT2D eigenvalue weighted by atomic mass is 79.9. The Kier molecular flexibility index (Phi) is 3.43. The molecule has 0 heterocycles. The lowest BCUT2D eigenvalue weighted by Crippen LogP contribution is -1.80. The zero-order valence-electron chi connectivity index (χ0n) is 7.84. The van der Waals surface area contributed by atoms with Gasteiger partial charge in [0.15, 0.2) is 0 Å². The molecule has 13 heavy (non-hydrogen) atoms. The molecule has 0 aliphatic carbocycles. The molecule has 0 spiro atoms. The van der Waals surface area contributed by atoms with Crippen LogP contribution in [0.15, 0.2) is 33.7 Å². The molecule has 0 saturated carbocycles. The van der Waals surface area contributed by atoms with Crippen LogP contribution in [-0.4, -0.2) is 6.72 Å². The van der Waals surface area contributed by atoms with Gasteiger partial charge in [-0.1, -0.05) is 22.0 Å². The zero-order chi connectivity index (χ0) is 9.84. The number of benzene rings is 1. The summed E-state index contributed by atoms with van der Waals surface area (Å²) in [7, 11) is 0. The van der Waals surface area contributed by atoms with Gasteiger partial charge in [0, 0.05) is 10.0 Å². The number of nitrogens with zero attached hydrogens (tertiary/aromatic N) is 1. The van der Waals surface area contributed by atoms with Gasteiger partial charge >= 0.3 is 0 Å². The first-order chi connectivity index (χ1) is 6.19. The molecule has 0 radical (unpaired) electrons. The summed E-state index contributed by atoms with van der Waals surface area (Å²) in [5.41, 5.74) is 3.27. The molecule has 0 bridgehead atoms. The average Bonchev–Trinajstić information content (AvgIpc) is 2.16. The Morgan fingerprint density at radius 2 is 2.23 bits per heavy atom. The second-order valence-corrected chi connectivity index (χ2v) is 3.71. The Labute approximate surface area is 87.3 Å². The fraction of sp³-hybridized carbons (Fsp3) is 0.182. The van der Waals surface area contributed by atoms with Gasteiger partial charge < -0.3 is 0 Å². The molecule has 1 aromatic rings. The third kappa shape index (κ3) is 2.28. The fourth-order valence-electron chi connectivity index (χ4n) is 1.12. The molecule has 2 heteroatoms. The van der Waals surface area contributed by atoms with E-state index in [-0.39, 0.29) is 0 Å². The van der Waals surface area contributed by atoms with Gasteiger partial charge in [-0.25, -0.2) is 0 Å². The Morgan fingerprint density at radius 3 is 2.77 bits per heavy atom. The van der Waals surface area contributed by atoms with Crippen molar-refractivity contribution in [2.75, 3.05) is 0 Å². The molecular formula is C11H12BrN. The molecule has 0 saturated heterocycles. The summed E-state index contributed by atoms with van der Waals surface area (Å²) < 4.78 is 1.07. The molecule has 0 aliphatic rings. The van der Waals surface area contributed by atoms with Crippen molar-refractivity contribution >= 4 is 33.9 Å². The Bertz CT molecular complexity index is 353. The smallest absolute Gasteiger partial charge is 0.0698 e. The van der Waals surface area contributed by atoms with Crippen molar-refractivity contribution in [1.82, 2.24) is 0 Å². The van der Waals surface area contributed by atoms with Gasteiger partial charge in [0.25, 0.3) is 0 Å². The summed E-state index contributed by atoms with van der Waals surface area (Å²) >= 11 is 3.43. The summed E-state index contributed by atoms with van der Waals surface area (Å²) in [6.07, 6.45) is 2.07. The Balaban J connectivity index is 3.31. The highest BCUT2D eigenvalue weighted by Gasteiger charge is 2.02. The number of hydrogen-bond donors (Lipinski definition) is 0. The standard InChI is InChI=1S/C11H12BrN/c1-4-8(2)10-7-9(12)5-6-11(10)13-3/h4-7H,3H2,1-2H3/b8-4-. The number of rotatable bonds is 2. The molecule has 68 valence electrons. The minimum atomic E-state index is 0.929. The Hall–Kier alpha value is -0.890. The molecule has 0 atom stereocenters. The van der Waals surface area contributed by atoms with E-state index >= 15 is 0 Å². The minimum absolute atomic E-state index is 0.929. The lowest BCUT2D eigenvalue weighted by molar-refractivity contribution is 1.46. The lowest BCUT2D eigenvalue weighted by atomic mass is 10.1. The molecule has 0 N–H and O–H groups in total. The summed E-state index contributed by atoms with van der Waals surface area (Å²) in [5, 5.41) is 0. The molecule has 0 aromatic heterocycles. The molecule has 1 rings (SSSR count). The van der Waals surface area contributed by atoms with Crippen LogP contribution in [0.4, 0.5) is 5.69 Å². The fourth-order valence-corrected chi connectivity index (χ4v) is 1.48. The largest absolute Gasteiger partial charge is 0.264 e. The van der Waals surface area contributed by atoms with E-state index in [1.54, 1.807) is 0 Å². The third-order valence-electron chi connectivity index (χ3n) is 1.99. The van der Waals surface area contributed by atoms with Gasteiger partial charge in [0.05, 0.1) is 5.69 Å². The first-order valence-electron chi connectivity index (χ1n) is 4.08. The van der Waals surface area contributed by atoms with E-state index in [0.29, 0.717) is 0 Å². The van der Waals surface area contributed by atoms with Crippen LogP contribution in [0.1, 0.15) is 19.4 Å². The van der Waals surface area contributed by atoms with Gasteiger partial charge in [-0.15, -0.1) is 0 Å². The van der Waals surface area contributed by atoms with Gasteiger partial charge in [0.1, 0.15) is 0 Å². The second-order valence-electron chi connectivity index (χ2n) is 2.79. The van der Waals surface area contributed by atoms with E-state index in [4.69, 9.17) is 0 Å². The van der Waals surface area contributed by atoms with Crippen LogP contribution in [0, 0.1) is 0 Å². The van der Waals surface area contributed by atoms with Crippen LogP contribution in [0.3, 0.4) is 0 Å². The highest BCUT2D eigenvalue weighted by Crippen LogP contribution is 2.28. The summed E-state index contributed by atoms with van der Waals surface area (Å²) in [5.74, 6) is 0. The summed E-state index contributed by atoms with van der Waals surface area (Å²) in [6.45, 7) is 7.63. The van der Waals surface area contributed by atoms with Crippen LogP contribution in [0.5, 0.6) is 0 Å². The highest BCUT2D eigenvalue weighted by molar-refractivity contribution is 9.10. The van der Waals surface area contributed by atoms with Gasteiger partial charge in [-0.3, -0.25) is 4.99 Å². The van der Waals surface area contributed by atoms with Crippen molar-refractivity contribution < 1.29 is 0 Å². The topological polar surface area (TPSA) is 12.4 Å². The average molecular weight is 238 g/mol. The lowest BCUT2D eigenvalue weighted by Gasteiger charge is -2.05. The zero-order valence-corrected chi connectivity index (χ0v) is 9.43. The Morgan fingerprint density at radius 1 is 1.54 bits per heavy atom.